The number of hydrogen-bond acceptors (Lipinski definition) is 6. The van der Waals surface area contributed by atoms with Gasteiger partial charge in [-0.1, -0.05) is 17.8 Å². The molecule has 0 spiro atoms. The lowest BCUT2D eigenvalue weighted by Crippen LogP contribution is -2.14. The molecule has 1 N–H and O–H groups in total. The van der Waals surface area contributed by atoms with Gasteiger partial charge >= 0.3 is 6.18 Å². The van der Waals surface area contributed by atoms with Gasteiger partial charge in [-0.05, 0) is 47.7 Å². The number of amides is 1. The molecule has 27 heavy (non-hydrogen) atoms. The first-order chi connectivity index (χ1) is 12.8. The summed E-state index contributed by atoms with van der Waals surface area (Å²) in [6.45, 7) is 1.75. The third kappa shape index (κ3) is 4.82. The monoisotopic (exact) mass is 394 g/mol. The molecule has 140 valence electrons. The molecule has 3 aromatic rings. The Balaban J connectivity index is 1.59. The van der Waals surface area contributed by atoms with Gasteiger partial charge in [0.25, 0.3) is 0 Å². The van der Waals surface area contributed by atoms with Crippen molar-refractivity contribution in [3.8, 4) is 5.69 Å². The number of carbonyl (C=O) groups excluding carboxylic acids is 1. The van der Waals surface area contributed by atoms with Crippen LogP contribution in [-0.2, 0) is 11.0 Å². The first-order valence-electron chi connectivity index (χ1n) is 7.64. The third-order valence-corrected chi connectivity index (χ3v) is 4.36. The van der Waals surface area contributed by atoms with E-state index in [1.54, 1.807) is 31.2 Å². The second-order valence-corrected chi connectivity index (χ2v) is 6.40. The molecule has 0 aliphatic carbocycles. The molecule has 3 rings (SSSR count). The molecule has 0 fully saturated rings. The number of nitrogens with one attached hydrogen (secondary N) is 1. The first-order valence-corrected chi connectivity index (χ1v) is 8.63. The lowest BCUT2D eigenvalue weighted by atomic mass is 10.2. The second kappa shape index (κ2) is 7.74. The zero-order valence-electron chi connectivity index (χ0n) is 13.9. The highest BCUT2D eigenvalue weighted by Crippen LogP contribution is 2.29. The maximum absolute atomic E-state index is 12.5. The Morgan fingerprint density at radius 3 is 2.70 bits per heavy atom. The number of aryl methyl sites for hydroxylation is 1. The van der Waals surface area contributed by atoms with E-state index in [-0.39, 0.29) is 11.7 Å². The smallest absolute Gasteiger partial charge is 0.325 e. The van der Waals surface area contributed by atoms with Gasteiger partial charge in [0, 0.05) is 11.9 Å². The van der Waals surface area contributed by atoms with Crippen LogP contribution < -0.4 is 5.32 Å². The maximum Gasteiger partial charge on any atom is 0.417 e. The molecule has 1 aromatic carbocycles. The Morgan fingerprint density at radius 2 is 2.07 bits per heavy atom. The molecule has 0 aliphatic rings. The largest absolute Gasteiger partial charge is 0.417 e. The molecule has 7 nitrogen and oxygen atoms in total. The minimum atomic E-state index is -4.43. The number of anilines is 1. The molecule has 0 aliphatic heterocycles. The van der Waals surface area contributed by atoms with Gasteiger partial charge in [0.05, 0.1) is 22.0 Å². The van der Waals surface area contributed by atoms with Crippen LogP contribution >= 0.6 is 11.8 Å². The van der Waals surface area contributed by atoms with Crippen molar-refractivity contribution >= 4 is 23.4 Å². The SMILES string of the molecule is Cc1nnnn1-c1cccc(NC(=O)CSc2ccc(C(F)(F)F)cn2)c1. The summed E-state index contributed by atoms with van der Waals surface area (Å²) in [5, 5.41) is 14.3. The van der Waals surface area contributed by atoms with Crippen molar-refractivity contribution in [3.05, 3.63) is 54.0 Å². The van der Waals surface area contributed by atoms with Crippen LogP contribution in [0.15, 0.2) is 47.6 Å². The summed E-state index contributed by atoms with van der Waals surface area (Å²) >= 11 is 1.04. The number of halogens is 3. The highest BCUT2D eigenvalue weighted by Gasteiger charge is 2.30. The molecule has 0 atom stereocenters. The number of rotatable bonds is 5. The fourth-order valence-electron chi connectivity index (χ4n) is 2.16. The number of alkyl halides is 3. The van der Waals surface area contributed by atoms with E-state index in [2.05, 4.69) is 25.8 Å². The van der Waals surface area contributed by atoms with Crippen LogP contribution in [0.4, 0.5) is 18.9 Å². The molecule has 11 heteroatoms. The van der Waals surface area contributed by atoms with Gasteiger partial charge < -0.3 is 5.32 Å². The van der Waals surface area contributed by atoms with E-state index < -0.39 is 11.7 Å². The number of hydrogen-bond donors (Lipinski definition) is 1. The summed E-state index contributed by atoms with van der Waals surface area (Å²) in [6, 6.07) is 9.13. The highest BCUT2D eigenvalue weighted by atomic mass is 32.2. The number of thioether (sulfide) groups is 1. The molecule has 2 heterocycles. The zero-order valence-corrected chi connectivity index (χ0v) is 14.8. The molecule has 2 aromatic heterocycles. The quantitative estimate of drug-likeness (QED) is 0.670. The molecule has 0 radical (unpaired) electrons. The first kappa shape index (κ1) is 18.8. The molecular weight excluding hydrogens is 381 g/mol. The van der Waals surface area contributed by atoms with Crippen molar-refractivity contribution in [2.45, 2.75) is 18.1 Å². The van der Waals surface area contributed by atoms with Crippen LogP contribution in [0.5, 0.6) is 0 Å². The Hall–Kier alpha value is -2.95. The fourth-order valence-corrected chi connectivity index (χ4v) is 2.80. The third-order valence-electron chi connectivity index (χ3n) is 3.41. The Kier molecular flexibility index (Phi) is 5.40. The second-order valence-electron chi connectivity index (χ2n) is 5.41. The van der Waals surface area contributed by atoms with E-state index in [4.69, 9.17) is 0 Å². The molecule has 1 amide bonds. The van der Waals surface area contributed by atoms with Crippen molar-refractivity contribution in [1.29, 1.82) is 0 Å². The summed E-state index contributed by atoms with van der Waals surface area (Å²) < 4.78 is 39.1. The van der Waals surface area contributed by atoms with Gasteiger partial charge in [-0.15, -0.1) is 5.10 Å². The van der Waals surface area contributed by atoms with Crippen molar-refractivity contribution in [1.82, 2.24) is 25.2 Å². The van der Waals surface area contributed by atoms with Crippen LogP contribution in [0, 0.1) is 6.92 Å². The van der Waals surface area contributed by atoms with Gasteiger partial charge in [-0.2, -0.15) is 17.9 Å². The summed E-state index contributed by atoms with van der Waals surface area (Å²) in [6.07, 6.45) is -3.69. The fraction of sp³-hybridized carbons (Fsp3) is 0.188. The minimum absolute atomic E-state index is 0.00645. The average Bonchev–Trinajstić information content (AvgIpc) is 3.06. The van der Waals surface area contributed by atoms with E-state index in [0.717, 1.165) is 24.0 Å². The van der Waals surface area contributed by atoms with E-state index in [0.29, 0.717) is 22.2 Å². The molecule has 0 unspecified atom stereocenters. The van der Waals surface area contributed by atoms with Crippen molar-refractivity contribution < 1.29 is 18.0 Å². The number of tetrazole rings is 1. The Labute approximate surface area is 156 Å². The predicted molar refractivity (Wildman–Crippen MR) is 92.5 cm³/mol. The summed E-state index contributed by atoms with van der Waals surface area (Å²) in [5.74, 6) is 0.293. The standard InChI is InChI=1S/C16H13F3N6OS/c1-10-22-23-24-25(10)13-4-2-3-12(7-13)21-14(26)9-27-15-6-5-11(8-20-15)16(17,18)19/h2-8H,9H2,1H3,(H,21,26). The molecule has 0 bridgehead atoms. The number of nitrogens with zero attached hydrogens (tertiary/aromatic N) is 5. The summed E-state index contributed by atoms with van der Waals surface area (Å²) in [4.78, 5) is 15.8. The maximum atomic E-state index is 12.5. The van der Waals surface area contributed by atoms with Gasteiger partial charge in [-0.25, -0.2) is 4.98 Å². The zero-order chi connectivity index (χ0) is 19.4. The predicted octanol–water partition coefficient (Wildman–Crippen LogP) is 3.12. The number of benzene rings is 1. The van der Waals surface area contributed by atoms with Crippen molar-refractivity contribution in [2.75, 3.05) is 11.1 Å². The normalized spacial score (nSPS) is 11.4. The number of aromatic nitrogens is 5. The Morgan fingerprint density at radius 1 is 1.26 bits per heavy atom. The van der Waals surface area contributed by atoms with Gasteiger partial charge in [0.2, 0.25) is 5.91 Å². The van der Waals surface area contributed by atoms with Gasteiger partial charge in [-0.3, -0.25) is 4.79 Å². The molecule has 0 saturated carbocycles. The van der Waals surface area contributed by atoms with Crippen LogP contribution in [0.1, 0.15) is 11.4 Å². The van der Waals surface area contributed by atoms with E-state index >= 15 is 0 Å². The van der Waals surface area contributed by atoms with Crippen molar-refractivity contribution in [2.24, 2.45) is 0 Å². The summed E-state index contributed by atoms with van der Waals surface area (Å²) in [7, 11) is 0. The molecular formula is C16H13F3N6OS. The van der Waals surface area contributed by atoms with E-state index in [1.807, 2.05) is 0 Å². The Bertz CT molecular complexity index is 942. The van der Waals surface area contributed by atoms with Crippen LogP contribution in [0.25, 0.3) is 5.69 Å². The highest BCUT2D eigenvalue weighted by molar-refractivity contribution is 7.99. The van der Waals surface area contributed by atoms with E-state index in [9.17, 15) is 18.0 Å². The lowest BCUT2D eigenvalue weighted by molar-refractivity contribution is -0.137. The van der Waals surface area contributed by atoms with Gasteiger partial charge in [0.15, 0.2) is 5.82 Å². The van der Waals surface area contributed by atoms with Crippen LogP contribution in [-0.4, -0.2) is 36.9 Å². The lowest BCUT2D eigenvalue weighted by Gasteiger charge is -2.08. The minimum Gasteiger partial charge on any atom is -0.325 e. The van der Waals surface area contributed by atoms with E-state index in [1.165, 1.54) is 10.7 Å². The topological polar surface area (TPSA) is 85.6 Å². The van der Waals surface area contributed by atoms with Gasteiger partial charge in [0.1, 0.15) is 0 Å². The molecule has 0 saturated heterocycles. The van der Waals surface area contributed by atoms with Crippen molar-refractivity contribution in [3.63, 3.8) is 0 Å². The summed E-state index contributed by atoms with van der Waals surface area (Å²) in [5.41, 5.74) is 0.409. The number of pyridine rings is 1. The number of carbonyl (C=O) groups is 1. The van der Waals surface area contributed by atoms with Crippen LogP contribution in [0.3, 0.4) is 0 Å². The van der Waals surface area contributed by atoms with Crippen LogP contribution in [0.2, 0.25) is 0 Å². The average molecular weight is 394 g/mol.